The number of nitrogens with one attached hydrogen (secondary N) is 1. The van der Waals surface area contributed by atoms with Crippen LogP contribution in [0.4, 0.5) is 0 Å². The first-order valence-corrected chi connectivity index (χ1v) is 3.71. The Kier molecular flexibility index (Phi) is 4.28. The molecule has 0 aliphatic heterocycles. The smallest absolute Gasteiger partial charge is 0.321 e. The molecule has 0 spiro atoms. The first-order chi connectivity index (χ1) is 5.43. The van der Waals surface area contributed by atoms with E-state index in [1.165, 1.54) is 0 Å². The summed E-state index contributed by atoms with van der Waals surface area (Å²) in [5.41, 5.74) is 5.13. The fourth-order valence-electron chi connectivity index (χ4n) is 0.668. The maximum absolute atomic E-state index is 10.9. The van der Waals surface area contributed by atoms with Gasteiger partial charge in [-0.1, -0.05) is 0 Å². The van der Waals surface area contributed by atoms with Gasteiger partial charge in [0.15, 0.2) is 0 Å². The second-order valence-electron chi connectivity index (χ2n) is 2.87. The molecule has 0 aromatic carbocycles. The van der Waals surface area contributed by atoms with Crippen LogP contribution in [0.5, 0.6) is 0 Å². The van der Waals surface area contributed by atoms with Crippen molar-refractivity contribution < 1.29 is 14.7 Å². The van der Waals surface area contributed by atoms with Crippen LogP contribution in [0.2, 0.25) is 0 Å². The first-order valence-electron chi connectivity index (χ1n) is 3.71. The fraction of sp³-hybridized carbons (Fsp3) is 0.714. The molecule has 1 atom stereocenters. The Morgan fingerprint density at radius 2 is 2.00 bits per heavy atom. The molecule has 0 aliphatic carbocycles. The van der Waals surface area contributed by atoms with Gasteiger partial charge in [-0.05, 0) is 13.8 Å². The lowest BCUT2D eigenvalue weighted by Gasteiger charge is -2.09. The van der Waals surface area contributed by atoms with E-state index >= 15 is 0 Å². The average Bonchev–Trinajstić information content (AvgIpc) is 1.84. The molecule has 0 bridgehead atoms. The van der Waals surface area contributed by atoms with Crippen molar-refractivity contribution in [2.24, 2.45) is 5.73 Å². The lowest BCUT2D eigenvalue weighted by atomic mass is 10.2. The first kappa shape index (κ1) is 10.9. The van der Waals surface area contributed by atoms with Gasteiger partial charge in [-0.25, -0.2) is 0 Å². The topological polar surface area (TPSA) is 92.4 Å². The molecule has 0 aromatic rings. The quantitative estimate of drug-likeness (QED) is 0.526. The van der Waals surface area contributed by atoms with Crippen molar-refractivity contribution in [2.45, 2.75) is 32.4 Å². The van der Waals surface area contributed by atoms with Crippen molar-refractivity contribution in [1.82, 2.24) is 5.32 Å². The minimum atomic E-state index is -1.16. The van der Waals surface area contributed by atoms with Gasteiger partial charge in [0.25, 0.3) is 0 Å². The molecule has 0 saturated heterocycles. The number of carboxylic acid groups (broad SMARTS) is 1. The summed E-state index contributed by atoms with van der Waals surface area (Å²) in [6.07, 6.45) is -0.173. The van der Waals surface area contributed by atoms with Gasteiger partial charge in [-0.3, -0.25) is 9.59 Å². The Balaban J connectivity index is 3.77. The zero-order valence-corrected chi connectivity index (χ0v) is 7.20. The summed E-state index contributed by atoms with van der Waals surface area (Å²) in [5.74, 6) is -1.49. The molecule has 4 N–H and O–H groups in total. The van der Waals surface area contributed by atoms with Gasteiger partial charge in [0.1, 0.15) is 6.04 Å². The molecular weight excluding hydrogens is 160 g/mol. The van der Waals surface area contributed by atoms with Crippen LogP contribution in [0.1, 0.15) is 20.3 Å². The van der Waals surface area contributed by atoms with Crippen molar-refractivity contribution >= 4 is 11.9 Å². The number of hydrogen-bond acceptors (Lipinski definition) is 3. The minimum Gasteiger partial charge on any atom is -0.480 e. The Morgan fingerprint density at radius 1 is 1.50 bits per heavy atom. The third-order valence-corrected chi connectivity index (χ3v) is 1.17. The second-order valence-corrected chi connectivity index (χ2v) is 2.87. The van der Waals surface area contributed by atoms with E-state index in [-0.39, 0.29) is 18.4 Å². The lowest BCUT2D eigenvalue weighted by molar-refractivity contribution is -0.140. The molecule has 0 rings (SSSR count). The monoisotopic (exact) mass is 174 g/mol. The summed E-state index contributed by atoms with van der Waals surface area (Å²) in [6.45, 7) is 3.59. The van der Waals surface area contributed by atoms with Crippen LogP contribution in [0.25, 0.3) is 0 Å². The van der Waals surface area contributed by atoms with Gasteiger partial charge >= 0.3 is 5.97 Å². The lowest BCUT2D eigenvalue weighted by Crippen LogP contribution is -2.39. The van der Waals surface area contributed by atoms with Crippen LogP contribution in [-0.2, 0) is 9.59 Å². The van der Waals surface area contributed by atoms with Crippen LogP contribution in [0.15, 0.2) is 0 Å². The van der Waals surface area contributed by atoms with E-state index in [1.54, 1.807) is 13.8 Å². The van der Waals surface area contributed by atoms with Crippen molar-refractivity contribution in [2.75, 3.05) is 0 Å². The SMILES string of the molecule is CC(C)NC(=O)CC(N)C(=O)O. The van der Waals surface area contributed by atoms with Crippen molar-refractivity contribution in [3.05, 3.63) is 0 Å². The number of rotatable bonds is 4. The number of hydrogen-bond donors (Lipinski definition) is 3. The maximum atomic E-state index is 10.9. The van der Waals surface area contributed by atoms with Crippen LogP contribution >= 0.6 is 0 Å². The second kappa shape index (κ2) is 4.71. The standard InChI is InChI=1S/C7H14N2O3/c1-4(2)9-6(10)3-5(8)7(11)12/h4-5H,3,8H2,1-2H3,(H,9,10)(H,11,12). The molecule has 0 radical (unpaired) electrons. The minimum absolute atomic E-state index is 0.0125. The number of aliphatic carboxylic acids is 1. The van der Waals surface area contributed by atoms with Crippen LogP contribution < -0.4 is 11.1 Å². The van der Waals surface area contributed by atoms with E-state index in [0.717, 1.165) is 0 Å². The van der Waals surface area contributed by atoms with E-state index in [9.17, 15) is 9.59 Å². The van der Waals surface area contributed by atoms with Crippen LogP contribution in [0.3, 0.4) is 0 Å². The summed E-state index contributed by atoms with van der Waals surface area (Å²) >= 11 is 0. The molecule has 0 saturated carbocycles. The van der Waals surface area contributed by atoms with Gasteiger partial charge in [0, 0.05) is 6.04 Å². The van der Waals surface area contributed by atoms with E-state index in [2.05, 4.69) is 5.32 Å². The van der Waals surface area contributed by atoms with Gasteiger partial charge in [0.2, 0.25) is 5.91 Å². The molecule has 5 heteroatoms. The highest BCUT2D eigenvalue weighted by atomic mass is 16.4. The Morgan fingerprint density at radius 3 is 2.33 bits per heavy atom. The fourth-order valence-corrected chi connectivity index (χ4v) is 0.668. The van der Waals surface area contributed by atoms with E-state index in [1.807, 2.05) is 0 Å². The van der Waals surface area contributed by atoms with E-state index in [0.29, 0.717) is 0 Å². The predicted molar refractivity (Wildman–Crippen MR) is 43.5 cm³/mol. The average molecular weight is 174 g/mol. The molecule has 0 aromatic heterocycles. The van der Waals surface area contributed by atoms with Crippen molar-refractivity contribution in [3.8, 4) is 0 Å². The Labute approximate surface area is 70.9 Å². The zero-order valence-electron chi connectivity index (χ0n) is 7.20. The number of amides is 1. The molecule has 12 heavy (non-hydrogen) atoms. The summed E-state index contributed by atoms with van der Waals surface area (Å²) in [5, 5.41) is 10.9. The highest BCUT2D eigenvalue weighted by Gasteiger charge is 2.16. The van der Waals surface area contributed by atoms with Crippen molar-refractivity contribution in [3.63, 3.8) is 0 Å². The molecule has 0 heterocycles. The Hall–Kier alpha value is -1.10. The number of nitrogens with two attached hydrogens (primary N) is 1. The van der Waals surface area contributed by atoms with Crippen molar-refractivity contribution in [1.29, 1.82) is 0 Å². The summed E-state index contributed by atoms with van der Waals surface area (Å²) < 4.78 is 0. The third-order valence-electron chi connectivity index (χ3n) is 1.17. The Bertz CT molecular complexity index is 179. The highest BCUT2D eigenvalue weighted by Crippen LogP contribution is 1.89. The number of carboxylic acids is 1. The molecule has 5 nitrogen and oxygen atoms in total. The van der Waals surface area contributed by atoms with E-state index < -0.39 is 12.0 Å². The molecule has 1 amide bonds. The van der Waals surface area contributed by atoms with Gasteiger partial charge in [-0.15, -0.1) is 0 Å². The third kappa shape index (κ3) is 4.68. The highest BCUT2D eigenvalue weighted by molar-refractivity contribution is 5.84. The van der Waals surface area contributed by atoms with Crippen LogP contribution in [-0.4, -0.2) is 29.1 Å². The van der Waals surface area contributed by atoms with E-state index in [4.69, 9.17) is 10.8 Å². The van der Waals surface area contributed by atoms with Gasteiger partial charge < -0.3 is 16.2 Å². The molecule has 70 valence electrons. The summed E-state index contributed by atoms with van der Waals surface area (Å²) in [7, 11) is 0. The zero-order chi connectivity index (χ0) is 9.72. The molecular formula is C7H14N2O3. The maximum Gasteiger partial charge on any atom is 0.321 e. The van der Waals surface area contributed by atoms with Gasteiger partial charge in [-0.2, -0.15) is 0 Å². The number of carbonyl (C=O) groups excluding carboxylic acids is 1. The summed E-state index contributed by atoms with van der Waals surface area (Å²) in [6, 6.07) is -1.10. The molecule has 0 aliphatic rings. The molecule has 1 unspecified atom stereocenters. The van der Waals surface area contributed by atoms with Crippen LogP contribution in [0, 0.1) is 0 Å². The largest absolute Gasteiger partial charge is 0.480 e. The summed E-state index contributed by atoms with van der Waals surface area (Å²) in [4.78, 5) is 21.1. The predicted octanol–water partition coefficient (Wildman–Crippen LogP) is -0.687. The molecule has 0 fully saturated rings. The normalized spacial score (nSPS) is 12.7. The number of carbonyl (C=O) groups is 2. The van der Waals surface area contributed by atoms with Gasteiger partial charge in [0.05, 0.1) is 6.42 Å².